The number of anilines is 1. The lowest BCUT2D eigenvalue weighted by Crippen LogP contribution is -2.24. The van der Waals surface area contributed by atoms with Crippen LogP contribution in [-0.2, 0) is 14.3 Å². The Labute approximate surface area is 174 Å². The zero-order chi connectivity index (χ0) is 22.3. The molecule has 0 aliphatic rings. The fraction of sp³-hybridized carbons (Fsp3) is 0.333. The summed E-state index contributed by atoms with van der Waals surface area (Å²) in [5, 5.41) is 13.3. The summed E-state index contributed by atoms with van der Waals surface area (Å²) in [5.74, 6) is -0.239. The molecule has 1 amide bonds. The van der Waals surface area contributed by atoms with E-state index >= 15 is 0 Å². The van der Waals surface area contributed by atoms with E-state index in [2.05, 4.69) is 19.2 Å². The van der Waals surface area contributed by atoms with E-state index in [-0.39, 0.29) is 23.7 Å². The molecule has 0 saturated carbocycles. The number of nitrogens with zero attached hydrogens (tertiary/aromatic N) is 1. The summed E-state index contributed by atoms with van der Waals surface area (Å²) in [5.41, 5.74) is 2.14. The van der Waals surface area contributed by atoms with Gasteiger partial charge in [0.15, 0.2) is 13.2 Å². The van der Waals surface area contributed by atoms with Crippen LogP contribution in [0.2, 0.25) is 0 Å². The van der Waals surface area contributed by atoms with Crippen molar-refractivity contribution in [2.75, 3.05) is 25.6 Å². The van der Waals surface area contributed by atoms with Crippen molar-refractivity contribution < 1.29 is 28.7 Å². The van der Waals surface area contributed by atoms with Crippen LogP contribution in [-0.4, -0.2) is 37.1 Å². The number of benzene rings is 2. The summed E-state index contributed by atoms with van der Waals surface area (Å²) in [7, 11) is 1.36. The number of carbonyl (C=O) groups excluding carboxylic acids is 2. The quantitative estimate of drug-likeness (QED) is 0.377. The van der Waals surface area contributed by atoms with Crippen molar-refractivity contribution in [3.63, 3.8) is 0 Å². The third-order valence-corrected chi connectivity index (χ3v) is 4.25. The molecule has 2 rings (SSSR count). The highest BCUT2D eigenvalue weighted by Crippen LogP contribution is 2.28. The molecule has 160 valence electrons. The van der Waals surface area contributed by atoms with Gasteiger partial charge in [0.1, 0.15) is 11.5 Å². The number of nitrogens with one attached hydrogen (secondary N) is 1. The van der Waals surface area contributed by atoms with E-state index in [1.807, 2.05) is 19.1 Å². The van der Waals surface area contributed by atoms with Crippen molar-refractivity contribution in [2.45, 2.75) is 26.7 Å². The first-order valence-electron chi connectivity index (χ1n) is 9.22. The van der Waals surface area contributed by atoms with Gasteiger partial charge in [-0.25, -0.2) is 4.79 Å². The van der Waals surface area contributed by atoms with Crippen LogP contribution in [0.3, 0.4) is 0 Å². The van der Waals surface area contributed by atoms with E-state index < -0.39 is 23.4 Å². The number of hydrogen-bond acceptors (Lipinski definition) is 7. The molecule has 0 fully saturated rings. The van der Waals surface area contributed by atoms with E-state index in [1.54, 1.807) is 6.07 Å². The SMILES string of the molecule is COc1ccc([N+](=O)[O-])cc1NC(=O)COC(=O)COc1ccc(C(C)C)c(C)c1. The molecule has 1 N–H and O–H groups in total. The van der Waals surface area contributed by atoms with Gasteiger partial charge in [-0.3, -0.25) is 14.9 Å². The van der Waals surface area contributed by atoms with E-state index in [1.165, 1.54) is 24.8 Å². The van der Waals surface area contributed by atoms with Crippen molar-refractivity contribution in [2.24, 2.45) is 0 Å². The fourth-order valence-electron chi connectivity index (χ4n) is 2.81. The zero-order valence-electron chi connectivity index (χ0n) is 17.3. The van der Waals surface area contributed by atoms with Crippen molar-refractivity contribution >= 4 is 23.3 Å². The summed E-state index contributed by atoms with van der Waals surface area (Å²) in [4.78, 5) is 34.2. The molecule has 0 bridgehead atoms. The number of hydrogen-bond donors (Lipinski definition) is 1. The highest BCUT2D eigenvalue weighted by atomic mass is 16.6. The van der Waals surface area contributed by atoms with Gasteiger partial charge >= 0.3 is 5.97 Å². The molecule has 0 aromatic heterocycles. The number of methoxy groups -OCH3 is 1. The predicted molar refractivity (Wildman–Crippen MR) is 110 cm³/mol. The second-order valence-corrected chi connectivity index (χ2v) is 6.81. The minimum Gasteiger partial charge on any atom is -0.495 e. The maximum absolute atomic E-state index is 12.0. The minimum absolute atomic E-state index is 0.102. The Morgan fingerprint density at radius 1 is 1.13 bits per heavy atom. The highest BCUT2D eigenvalue weighted by Gasteiger charge is 2.15. The second-order valence-electron chi connectivity index (χ2n) is 6.81. The predicted octanol–water partition coefficient (Wildman–Crippen LogP) is 3.60. The number of nitro benzene ring substituents is 1. The van der Waals surface area contributed by atoms with E-state index in [4.69, 9.17) is 14.2 Å². The van der Waals surface area contributed by atoms with E-state index in [0.29, 0.717) is 11.7 Å². The Hall–Kier alpha value is -3.62. The molecule has 2 aromatic rings. The van der Waals surface area contributed by atoms with E-state index in [0.717, 1.165) is 11.6 Å². The van der Waals surface area contributed by atoms with Gasteiger partial charge in [-0.05, 0) is 42.2 Å². The lowest BCUT2D eigenvalue weighted by atomic mass is 9.98. The average molecular weight is 416 g/mol. The molecular weight excluding hydrogens is 392 g/mol. The van der Waals surface area contributed by atoms with Crippen LogP contribution in [0.5, 0.6) is 11.5 Å². The van der Waals surface area contributed by atoms with Crippen molar-refractivity contribution in [3.05, 3.63) is 57.6 Å². The Morgan fingerprint density at radius 3 is 2.47 bits per heavy atom. The molecule has 30 heavy (non-hydrogen) atoms. The molecule has 0 atom stereocenters. The summed E-state index contributed by atoms with van der Waals surface area (Å²) >= 11 is 0. The minimum atomic E-state index is -0.721. The van der Waals surface area contributed by atoms with Crippen LogP contribution in [0, 0.1) is 17.0 Å². The van der Waals surface area contributed by atoms with Gasteiger partial charge in [-0.2, -0.15) is 0 Å². The number of ether oxygens (including phenoxy) is 3. The topological polar surface area (TPSA) is 117 Å². The van der Waals surface area contributed by atoms with Crippen LogP contribution in [0.1, 0.15) is 30.9 Å². The van der Waals surface area contributed by atoms with Crippen LogP contribution in [0.25, 0.3) is 0 Å². The van der Waals surface area contributed by atoms with Gasteiger partial charge in [0, 0.05) is 12.1 Å². The normalized spacial score (nSPS) is 10.4. The molecule has 9 heteroatoms. The van der Waals surface area contributed by atoms with Crippen LogP contribution in [0.15, 0.2) is 36.4 Å². The summed E-state index contributed by atoms with van der Waals surface area (Å²) in [6.07, 6.45) is 0. The number of aryl methyl sites for hydroxylation is 1. The lowest BCUT2D eigenvalue weighted by Gasteiger charge is -2.12. The molecule has 2 aromatic carbocycles. The van der Waals surface area contributed by atoms with Crippen LogP contribution >= 0.6 is 0 Å². The van der Waals surface area contributed by atoms with Crippen molar-refractivity contribution in [1.29, 1.82) is 0 Å². The third-order valence-electron chi connectivity index (χ3n) is 4.25. The first kappa shape index (κ1) is 22.7. The van der Waals surface area contributed by atoms with E-state index in [9.17, 15) is 19.7 Å². The molecule has 0 aliphatic carbocycles. The lowest BCUT2D eigenvalue weighted by molar-refractivity contribution is -0.384. The standard InChI is InChI=1S/C21H24N2O7/c1-13(2)17-7-6-16(9-14(17)3)29-12-21(25)30-11-20(24)22-18-10-15(23(26)27)5-8-19(18)28-4/h5-10,13H,11-12H2,1-4H3,(H,22,24). The molecule has 0 unspecified atom stereocenters. The first-order chi connectivity index (χ1) is 14.2. The molecular formula is C21H24N2O7. The zero-order valence-corrected chi connectivity index (χ0v) is 17.3. The van der Waals surface area contributed by atoms with Gasteiger partial charge in [0.25, 0.3) is 11.6 Å². The Balaban J connectivity index is 1.86. The number of esters is 1. The number of nitro groups is 1. The molecule has 9 nitrogen and oxygen atoms in total. The number of amides is 1. The van der Waals surface area contributed by atoms with Gasteiger partial charge in [-0.1, -0.05) is 19.9 Å². The average Bonchev–Trinajstić information content (AvgIpc) is 2.70. The second kappa shape index (κ2) is 10.2. The van der Waals surface area contributed by atoms with Crippen molar-refractivity contribution in [3.8, 4) is 11.5 Å². The van der Waals surface area contributed by atoms with Gasteiger partial charge in [0.05, 0.1) is 17.7 Å². The molecule has 0 radical (unpaired) electrons. The summed E-state index contributed by atoms with van der Waals surface area (Å²) < 4.78 is 15.4. The monoisotopic (exact) mass is 416 g/mol. The number of rotatable bonds is 9. The first-order valence-corrected chi connectivity index (χ1v) is 9.22. The smallest absolute Gasteiger partial charge is 0.344 e. The molecule has 0 spiro atoms. The maximum atomic E-state index is 12.0. The number of non-ortho nitro benzene ring substituents is 1. The molecule has 0 aliphatic heterocycles. The van der Waals surface area contributed by atoms with Gasteiger partial charge in [0.2, 0.25) is 0 Å². The Morgan fingerprint density at radius 2 is 1.87 bits per heavy atom. The van der Waals surface area contributed by atoms with Crippen LogP contribution in [0.4, 0.5) is 11.4 Å². The third kappa shape index (κ3) is 6.20. The van der Waals surface area contributed by atoms with Gasteiger partial charge in [-0.15, -0.1) is 0 Å². The fourth-order valence-corrected chi connectivity index (χ4v) is 2.81. The van der Waals surface area contributed by atoms with Gasteiger partial charge < -0.3 is 19.5 Å². The maximum Gasteiger partial charge on any atom is 0.344 e. The molecule has 0 saturated heterocycles. The summed E-state index contributed by atoms with van der Waals surface area (Å²) in [6, 6.07) is 9.33. The largest absolute Gasteiger partial charge is 0.495 e. The molecule has 0 heterocycles. The van der Waals surface area contributed by atoms with Crippen molar-refractivity contribution in [1.82, 2.24) is 0 Å². The Bertz CT molecular complexity index is 941. The number of carbonyl (C=O) groups is 2. The Kier molecular flexibility index (Phi) is 7.74. The summed E-state index contributed by atoms with van der Waals surface area (Å²) in [6.45, 7) is 5.23. The van der Waals surface area contributed by atoms with Crippen LogP contribution < -0.4 is 14.8 Å². The highest BCUT2D eigenvalue weighted by molar-refractivity contribution is 5.94.